The Bertz CT molecular complexity index is 890. The molecule has 1 heterocycles. The fraction of sp³-hybridized carbons (Fsp3) is 0.500. The highest BCUT2D eigenvalue weighted by atomic mass is 32.2. The summed E-state index contributed by atoms with van der Waals surface area (Å²) in [5.74, 6) is 0.0928. The Morgan fingerprint density at radius 2 is 1.83 bits per heavy atom. The second kappa shape index (κ2) is 6.11. The summed E-state index contributed by atoms with van der Waals surface area (Å²) in [5.41, 5.74) is 2.30. The van der Waals surface area contributed by atoms with E-state index in [0.29, 0.717) is 5.56 Å². The van der Waals surface area contributed by atoms with Crippen LogP contribution in [0.4, 0.5) is 0 Å². The van der Waals surface area contributed by atoms with Crippen LogP contribution in [-0.4, -0.2) is 18.2 Å². The van der Waals surface area contributed by atoms with Gasteiger partial charge in [-0.25, -0.2) is 8.42 Å². The maximum absolute atomic E-state index is 12.6. The molecular weight excluding hydrogens is 310 g/mol. The number of pyridine rings is 1. The summed E-state index contributed by atoms with van der Waals surface area (Å²) in [6, 6.07) is 7.43. The lowest BCUT2D eigenvalue weighted by Gasteiger charge is -2.21. The van der Waals surface area contributed by atoms with Crippen molar-refractivity contribution in [2.75, 3.05) is 0 Å². The molecule has 0 saturated heterocycles. The first-order valence-electron chi connectivity index (χ1n) is 8.19. The van der Waals surface area contributed by atoms with E-state index in [-0.39, 0.29) is 16.6 Å². The summed E-state index contributed by atoms with van der Waals surface area (Å²) in [6.07, 6.45) is 4.77. The molecule has 0 bridgehead atoms. The molecule has 0 N–H and O–H groups in total. The topological polar surface area (TPSA) is 56.1 Å². The van der Waals surface area contributed by atoms with E-state index < -0.39 is 9.84 Å². The third-order valence-corrected chi connectivity index (χ3v) is 7.12. The van der Waals surface area contributed by atoms with Crippen LogP contribution < -0.4 is 5.56 Å². The summed E-state index contributed by atoms with van der Waals surface area (Å²) in [4.78, 5) is 12.0. The van der Waals surface area contributed by atoms with Crippen LogP contribution in [0.3, 0.4) is 0 Å². The highest BCUT2D eigenvalue weighted by Crippen LogP contribution is 2.27. The van der Waals surface area contributed by atoms with Gasteiger partial charge in [0.1, 0.15) is 0 Å². The molecule has 124 valence electrons. The number of fused-ring (bicyclic) bond motifs is 1. The smallest absolute Gasteiger partial charge is 0.253 e. The fourth-order valence-electron chi connectivity index (χ4n) is 3.56. The third kappa shape index (κ3) is 3.20. The highest BCUT2D eigenvalue weighted by Gasteiger charge is 2.27. The number of benzene rings is 1. The zero-order valence-corrected chi connectivity index (χ0v) is 14.5. The van der Waals surface area contributed by atoms with Crippen molar-refractivity contribution in [1.29, 1.82) is 0 Å². The molecule has 0 spiro atoms. The monoisotopic (exact) mass is 333 g/mol. The first-order valence-corrected chi connectivity index (χ1v) is 9.91. The van der Waals surface area contributed by atoms with Crippen LogP contribution >= 0.6 is 0 Å². The average Bonchev–Trinajstić information content (AvgIpc) is 2.53. The molecule has 4 nitrogen and oxygen atoms in total. The first kappa shape index (κ1) is 16.2. The van der Waals surface area contributed by atoms with Crippen LogP contribution in [0.5, 0.6) is 0 Å². The largest absolute Gasteiger partial charge is 0.311 e. The predicted molar refractivity (Wildman–Crippen MR) is 93.4 cm³/mol. The molecule has 0 aliphatic heterocycles. The normalized spacial score (nSPS) is 16.8. The van der Waals surface area contributed by atoms with Crippen molar-refractivity contribution in [2.24, 2.45) is 7.05 Å². The molecule has 1 aromatic heterocycles. The van der Waals surface area contributed by atoms with Crippen molar-refractivity contribution >= 4 is 20.7 Å². The van der Waals surface area contributed by atoms with Crippen LogP contribution in [0.25, 0.3) is 10.9 Å². The van der Waals surface area contributed by atoms with Gasteiger partial charge >= 0.3 is 0 Å². The number of nitrogens with zero attached hydrogens (tertiary/aromatic N) is 1. The van der Waals surface area contributed by atoms with E-state index in [4.69, 9.17) is 0 Å². The Morgan fingerprint density at radius 1 is 1.13 bits per heavy atom. The molecule has 3 rings (SSSR count). The van der Waals surface area contributed by atoms with Gasteiger partial charge in [-0.05, 0) is 48.9 Å². The number of hydrogen-bond donors (Lipinski definition) is 0. The minimum atomic E-state index is -3.10. The van der Waals surface area contributed by atoms with Crippen LogP contribution in [0.1, 0.15) is 43.2 Å². The van der Waals surface area contributed by atoms with Crippen molar-refractivity contribution in [3.8, 4) is 0 Å². The Kier molecular flexibility index (Phi) is 4.32. The second-order valence-corrected chi connectivity index (χ2v) is 8.93. The van der Waals surface area contributed by atoms with Crippen LogP contribution in [0, 0.1) is 6.92 Å². The van der Waals surface area contributed by atoms with E-state index in [1.165, 1.54) is 0 Å². The number of sulfone groups is 1. The molecule has 0 unspecified atom stereocenters. The average molecular weight is 333 g/mol. The third-order valence-electron chi connectivity index (χ3n) is 4.90. The van der Waals surface area contributed by atoms with Crippen molar-refractivity contribution < 1.29 is 8.42 Å². The van der Waals surface area contributed by atoms with E-state index in [1.807, 2.05) is 24.3 Å². The SMILES string of the molecule is Cc1cc2cc(CS(=O)(=O)C3CCCCC3)ccc2n(C)c1=O. The lowest BCUT2D eigenvalue weighted by Crippen LogP contribution is -2.25. The lowest BCUT2D eigenvalue weighted by molar-refractivity contribution is 0.483. The number of hydrogen-bond acceptors (Lipinski definition) is 3. The van der Waals surface area contributed by atoms with Gasteiger partial charge in [-0.2, -0.15) is 0 Å². The molecule has 2 aromatic rings. The van der Waals surface area contributed by atoms with Gasteiger partial charge in [0.25, 0.3) is 5.56 Å². The lowest BCUT2D eigenvalue weighted by atomic mass is 10.0. The minimum Gasteiger partial charge on any atom is -0.311 e. The Labute approximate surface area is 137 Å². The van der Waals surface area contributed by atoms with Gasteiger partial charge in [0.05, 0.1) is 16.5 Å². The molecule has 1 fully saturated rings. The van der Waals surface area contributed by atoms with Gasteiger partial charge in [0.15, 0.2) is 9.84 Å². The molecule has 0 amide bonds. The standard InChI is InChI=1S/C18H23NO3S/c1-13-10-15-11-14(8-9-17(15)19(2)18(13)20)12-23(21,22)16-6-4-3-5-7-16/h8-11,16H,3-7,12H2,1-2H3. The maximum Gasteiger partial charge on any atom is 0.253 e. The Hall–Kier alpha value is -1.62. The first-order chi connectivity index (χ1) is 10.9. The van der Waals surface area contributed by atoms with Gasteiger partial charge in [-0.15, -0.1) is 0 Å². The summed E-state index contributed by atoms with van der Waals surface area (Å²) in [7, 11) is -1.36. The van der Waals surface area contributed by atoms with Gasteiger partial charge in [-0.1, -0.05) is 25.3 Å². The fourth-order valence-corrected chi connectivity index (χ4v) is 5.49. The predicted octanol–water partition coefficient (Wildman–Crippen LogP) is 3.09. The zero-order chi connectivity index (χ0) is 16.6. The van der Waals surface area contributed by atoms with Crippen molar-refractivity contribution in [2.45, 2.75) is 50.0 Å². The molecule has 1 aliphatic rings. The van der Waals surface area contributed by atoms with Crippen molar-refractivity contribution in [3.05, 3.63) is 45.7 Å². The molecule has 0 radical (unpaired) electrons. The Balaban J connectivity index is 1.95. The van der Waals surface area contributed by atoms with Crippen molar-refractivity contribution in [1.82, 2.24) is 4.57 Å². The van der Waals surface area contributed by atoms with Gasteiger partial charge in [0.2, 0.25) is 0 Å². The maximum atomic E-state index is 12.6. The number of aryl methyl sites for hydroxylation is 2. The van der Waals surface area contributed by atoms with Gasteiger partial charge in [0, 0.05) is 12.6 Å². The molecule has 0 atom stereocenters. The van der Waals surface area contributed by atoms with Crippen LogP contribution in [-0.2, 0) is 22.6 Å². The Morgan fingerprint density at radius 3 is 2.52 bits per heavy atom. The summed E-state index contributed by atoms with van der Waals surface area (Å²) < 4.78 is 26.9. The van der Waals surface area contributed by atoms with E-state index in [0.717, 1.165) is 48.6 Å². The van der Waals surface area contributed by atoms with E-state index in [9.17, 15) is 13.2 Å². The second-order valence-electron chi connectivity index (χ2n) is 6.65. The molecular formula is C18H23NO3S. The minimum absolute atomic E-state index is 0.0138. The summed E-state index contributed by atoms with van der Waals surface area (Å²) in [5, 5.41) is 0.731. The molecule has 5 heteroatoms. The summed E-state index contributed by atoms with van der Waals surface area (Å²) in [6.45, 7) is 1.78. The van der Waals surface area contributed by atoms with Gasteiger partial charge in [-0.3, -0.25) is 4.79 Å². The van der Waals surface area contributed by atoms with Crippen LogP contribution in [0.2, 0.25) is 0 Å². The van der Waals surface area contributed by atoms with Crippen LogP contribution in [0.15, 0.2) is 29.1 Å². The number of rotatable bonds is 3. The van der Waals surface area contributed by atoms with Crippen molar-refractivity contribution in [3.63, 3.8) is 0 Å². The molecule has 1 saturated carbocycles. The summed E-state index contributed by atoms with van der Waals surface area (Å²) >= 11 is 0. The zero-order valence-electron chi connectivity index (χ0n) is 13.7. The highest BCUT2D eigenvalue weighted by molar-refractivity contribution is 7.91. The molecule has 1 aromatic carbocycles. The van der Waals surface area contributed by atoms with E-state index in [1.54, 1.807) is 18.5 Å². The van der Waals surface area contributed by atoms with E-state index in [2.05, 4.69) is 0 Å². The van der Waals surface area contributed by atoms with Gasteiger partial charge < -0.3 is 4.57 Å². The molecule has 1 aliphatic carbocycles. The quantitative estimate of drug-likeness (QED) is 0.867. The van der Waals surface area contributed by atoms with E-state index >= 15 is 0 Å². The number of aromatic nitrogens is 1. The molecule has 23 heavy (non-hydrogen) atoms.